The number of alkyl halides is 3. The molecule has 2 rings (SSSR count). The van der Waals surface area contributed by atoms with E-state index in [0.29, 0.717) is 29.6 Å². The number of hydrogen-bond acceptors (Lipinski definition) is 3. The summed E-state index contributed by atoms with van der Waals surface area (Å²) < 4.78 is 44.6. The highest BCUT2D eigenvalue weighted by Crippen LogP contribution is 2.29. The lowest BCUT2D eigenvalue weighted by atomic mass is 10.2. The number of benzene rings is 1. The van der Waals surface area contributed by atoms with Crippen molar-refractivity contribution >= 4 is 23.5 Å². The maximum absolute atomic E-state index is 12.7. The van der Waals surface area contributed by atoms with Gasteiger partial charge in [-0.25, -0.2) is 0 Å². The predicted octanol–water partition coefficient (Wildman–Crippen LogP) is 3.33. The Morgan fingerprint density at radius 1 is 1.27 bits per heavy atom. The molecule has 140 valence electrons. The van der Waals surface area contributed by atoms with Gasteiger partial charge in [-0.1, -0.05) is 0 Å². The van der Waals surface area contributed by atoms with Crippen molar-refractivity contribution in [3.05, 3.63) is 53.9 Å². The van der Waals surface area contributed by atoms with Gasteiger partial charge < -0.3 is 14.6 Å². The minimum absolute atomic E-state index is 0.380. The minimum Gasteiger partial charge on any atom is -0.385 e. The van der Waals surface area contributed by atoms with Gasteiger partial charge in [0.05, 0.1) is 17.5 Å². The third kappa shape index (κ3) is 5.85. The van der Waals surface area contributed by atoms with E-state index >= 15 is 0 Å². The van der Waals surface area contributed by atoms with Crippen molar-refractivity contribution < 1.29 is 17.9 Å². The molecule has 0 aliphatic carbocycles. The van der Waals surface area contributed by atoms with Crippen LogP contribution in [0.2, 0.25) is 0 Å². The summed E-state index contributed by atoms with van der Waals surface area (Å²) in [5, 5.41) is 7.40. The molecule has 0 saturated carbocycles. The number of hydrogen-bond donors (Lipinski definition) is 2. The van der Waals surface area contributed by atoms with E-state index in [0.717, 1.165) is 18.6 Å². The van der Waals surface area contributed by atoms with Crippen molar-refractivity contribution in [2.24, 2.45) is 5.10 Å². The van der Waals surface area contributed by atoms with Crippen LogP contribution in [-0.2, 0) is 10.9 Å². The average Bonchev–Trinajstić information content (AvgIpc) is 3.06. The van der Waals surface area contributed by atoms with E-state index in [1.165, 1.54) is 12.1 Å². The average molecular weight is 384 g/mol. The van der Waals surface area contributed by atoms with E-state index in [2.05, 4.69) is 15.8 Å². The molecule has 26 heavy (non-hydrogen) atoms. The molecule has 1 heterocycles. The van der Waals surface area contributed by atoms with Crippen molar-refractivity contribution in [3.63, 3.8) is 0 Å². The van der Waals surface area contributed by atoms with Crippen molar-refractivity contribution in [2.45, 2.75) is 12.6 Å². The normalized spacial score (nSPS) is 11.7. The maximum Gasteiger partial charge on any atom is 0.416 e. The van der Waals surface area contributed by atoms with Gasteiger partial charge in [-0.15, -0.1) is 0 Å². The van der Waals surface area contributed by atoms with E-state index in [1.807, 2.05) is 0 Å². The van der Waals surface area contributed by atoms with Crippen LogP contribution in [0.15, 0.2) is 47.7 Å². The van der Waals surface area contributed by atoms with Gasteiger partial charge in [-0.3, -0.25) is 5.43 Å². The first-order valence-corrected chi connectivity index (χ1v) is 8.23. The van der Waals surface area contributed by atoms with Crippen LogP contribution < -0.4 is 10.7 Å². The Hall–Kier alpha value is -2.39. The van der Waals surface area contributed by atoms with Gasteiger partial charge in [-0.05, 0) is 55.0 Å². The molecule has 0 radical (unpaired) electrons. The van der Waals surface area contributed by atoms with Crippen LogP contribution >= 0.6 is 12.2 Å². The fourth-order valence-electron chi connectivity index (χ4n) is 2.16. The quantitative estimate of drug-likeness (QED) is 0.333. The van der Waals surface area contributed by atoms with Gasteiger partial charge >= 0.3 is 6.18 Å². The predicted molar refractivity (Wildman–Crippen MR) is 98.6 cm³/mol. The molecule has 1 aromatic carbocycles. The van der Waals surface area contributed by atoms with Gasteiger partial charge in [0, 0.05) is 32.1 Å². The van der Waals surface area contributed by atoms with Gasteiger partial charge in [0.1, 0.15) is 0 Å². The number of halogens is 3. The number of nitrogens with one attached hydrogen (secondary N) is 2. The fraction of sp³-hybridized carbons (Fsp3) is 0.294. The first kappa shape index (κ1) is 19.9. The summed E-state index contributed by atoms with van der Waals surface area (Å²) in [5.41, 5.74) is 3.30. The van der Waals surface area contributed by atoms with E-state index in [1.54, 1.807) is 36.2 Å². The molecular formula is C17H19F3N4OS. The Labute approximate surface area is 154 Å². The van der Waals surface area contributed by atoms with Crippen molar-refractivity contribution in [1.82, 2.24) is 15.3 Å². The molecule has 0 aliphatic heterocycles. The van der Waals surface area contributed by atoms with Crippen LogP contribution in [0.25, 0.3) is 5.69 Å². The molecular weight excluding hydrogens is 365 g/mol. The number of rotatable bonds is 7. The van der Waals surface area contributed by atoms with Crippen LogP contribution in [0, 0.1) is 0 Å². The van der Waals surface area contributed by atoms with Gasteiger partial charge in [0.2, 0.25) is 0 Å². The monoisotopic (exact) mass is 384 g/mol. The van der Waals surface area contributed by atoms with Crippen molar-refractivity contribution in [2.75, 3.05) is 20.3 Å². The van der Waals surface area contributed by atoms with Crippen LogP contribution in [0.5, 0.6) is 0 Å². The van der Waals surface area contributed by atoms with Crippen LogP contribution in [0.4, 0.5) is 13.2 Å². The van der Waals surface area contributed by atoms with Crippen molar-refractivity contribution in [3.8, 4) is 5.69 Å². The van der Waals surface area contributed by atoms with Crippen LogP contribution in [0.3, 0.4) is 0 Å². The first-order valence-electron chi connectivity index (χ1n) is 7.82. The molecule has 2 aromatic rings. The Bertz CT molecular complexity index is 741. The molecule has 0 spiro atoms. The smallest absolute Gasteiger partial charge is 0.385 e. The molecule has 0 saturated heterocycles. The molecule has 0 amide bonds. The topological polar surface area (TPSA) is 50.6 Å². The molecule has 0 aliphatic rings. The first-order chi connectivity index (χ1) is 12.4. The number of methoxy groups -OCH3 is 1. The standard InChI is InChI=1S/C17H19F3N4OS/c1-25-11-3-9-21-16(26)23-22-12-15-4-2-10-24(15)14-7-5-13(6-8-14)17(18,19)20/h2,4-8,10,12H,3,9,11H2,1H3,(H2,21,23,26)/b22-12-. The molecule has 0 fully saturated rings. The Morgan fingerprint density at radius 2 is 2.00 bits per heavy atom. The molecule has 0 unspecified atom stereocenters. The summed E-state index contributed by atoms with van der Waals surface area (Å²) >= 11 is 5.08. The lowest BCUT2D eigenvalue weighted by Crippen LogP contribution is -2.33. The molecule has 0 bridgehead atoms. The maximum atomic E-state index is 12.7. The second-order valence-electron chi connectivity index (χ2n) is 5.32. The SMILES string of the molecule is COCCCNC(=S)N/N=C\c1cccn1-c1ccc(C(F)(F)F)cc1. The molecule has 9 heteroatoms. The van der Waals surface area contributed by atoms with E-state index in [4.69, 9.17) is 17.0 Å². The molecule has 0 atom stereocenters. The highest BCUT2D eigenvalue weighted by Gasteiger charge is 2.30. The zero-order chi connectivity index (χ0) is 19.0. The number of nitrogens with zero attached hydrogens (tertiary/aromatic N) is 2. The molecule has 2 N–H and O–H groups in total. The second kappa shape index (κ2) is 9.35. The number of thiocarbonyl (C=S) groups is 1. The Morgan fingerprint density at radius 3 is 2.65 bits per heavy atom. The summed E-state index contributed by atoms with van der Waals surface area (Å²) in [5.74, 6) is 0. The lowest BCUT2D eigenvalue weighted by molar-refractivity contribution is -0.137. The molecule has 5 nitrogen and oxygen atoms in total. The highest BCUT2D eigenvalue weighted by molar-refractivity contribution is 7.80. The van der Waals surface area contributed by atoms with Gasteiger partial charge in [-0.2, -0.15) is 18.3 Å². The number of aromatic nitrogens is 1. The van der Waals surface area contributed by atoms with Crippen LogP contribution in [-0.4, -0.2) is 36.2 Å². The zero-order valence-corrected chi connectivity index (χ0v) is 14.9. The summed E-state index contributed by atoms with van der Waals surface area (Å²) in [6, 6.07) is 8.49. The van der Waals surface area contributed by atoms with Gasteiger partial charge in [0.15, 0.2) is 5.11 Å². The van der Waals surface area contributed by atoms with Crippen molar-refractivity contribution in [1.29, 1.82) is 0 Å². The third-order valence-electron chi connectivity index (χ3n) is 3.43. The minimum atomic E-state index is -4.35. The Kier molecular flexibility index (Phi) is 7.16. The summed E-state index contributed by atoms with van der Waals surface area (Å²) in [6.07, 6.45) is -0.250. The third-order valence-corrected chi connectivity index (χ3v) is 3.66. The fourth-order valence-corrected chi connectivity index (χ4v) is 2.32. The lowest BCUT2D eigenvalue weighted by Gasteiger charge is -2.10. The van der Waals surface area contributed by atoms with E-state index in [9.17, 15) is 13.2 Å². The molecule has 1 aromatic heterocycles. The number of hydrazone groups is 1. The van der Waals surface area contributed by atoms with E-state index < -0.39 is 11.7 Å². The van der Waals surface area contributed by atoms with Gasteiger partial charge in [0.25, 0.3) is 0 Å². The summed E-state index contributed by atoms with van der Waals surface area (Å²) in [6.45, 7) is 1.30. The largest absolute Gasteiger partial charge is 0.416 e. The summed E-state index contributed by atoms with van der Waals surface area (Å²) in [4.78, 5) is 0. The van der Waals surface area contributed by atoms with E-state index in [-0.39, 0.29) is 0 Å². The zero-order valence-electron chi connectivity index (χ0n) is 14.1. The van der Waals surface area contributed by atoms with Crippen LogP contribution in [0.1, 0.15) is 17.7 Å². The summed E-state index contributed by atoms with van der Waals surface area (Å²) in [7, 11) is 1.63. The Balaban J connectivity index is 1.96. The highest BCUT2D eigenvalue weighted by atomic mass is 32.1. The second-order valence-corrected chi connectivity index (χ2v) is 5.73. The number of ether oxygens (including phenoxy) is 1.